The minimum absolute atomic E-state index is 0.0576. The second-order valence-corrected chi connectivity index (χ2v) is 17.6. The van der Waals surface area contributed by atoms with Crippen molar-refractivity contribution in [1.82, 2.24) is 15.0 Å². The smallest absolute Gasteiger partial charge is 0.163 e. The average Bonchev–Trinajstić information content (AvgIpc) is 3.59. The number of fused-ring (bicyclic) bond motifs is 3. The van der Waals surface area contributed by atoms with Gasteiger partial charge >= 0.3 is 0 Å². The summed E-state index contributed by atoms with van der Waals surface area (Å²) in [6.45, 7) is 6.75. The second kappa shape index (κ2) is 15.7. The van der Waals surface area contributed by atoms with Crippen molar-refractivity contribution in [3.05, 3.63) is 161 Å². The Labute approximate surface area is 344 Å². The van der Waals surface area contributed by atoms with Gasteiger partial charge in [0.1, 0.15) is 12.0 Å². The van der Waals surface area contributed by atoms with Crippen LogP contribution >= 0.6 is 0 Å². The van der Waals surface area contributed by atoms with E-state index < -0.39 is 0 Å². The van der Waals surface area contributed by atoms with E-state index >= 15 is 0 Å². The number of hydrogen-bond acceptors (Lipinski definition) is 5. The molecule has 3 aromatic rings. The lowest BCUT2D eigenvalue weighted by molar-refractivity contribution is 0.296. The minimum Gasteiger partial charge on any atom is -0.345 e. The molecule has 7 aliphatic rings. The number of aliphatic imine (C=N–C) groups is 1. The summed E-state index contributed by atoms with van der Waals surface area (Å²) in [5.74, 6) is 4.31. The number of rotatable bonds is 7. The Hall–Kier alpha value is -5.42. The van der Waals surface area contributed by atoms with Gasteiger partial charge in [0.05, 0.1) is 0 Å². The lowest BCUT2D eigenvalue weighted by atomic mass is 9.71. The molecule has 0 saturated heterocycles. The van der Waals surface area contributed by atoms with Gasteiger partial charge in [-0.2, -0.15) is 0 Å². The molecule has 6 atom stereocenters. The molecule has 2 aliphatic heterocycles. The van der Waals surface area contributed by atoms with Crippen LogP contribution in [0.2, 0.25) is 0 Å². The first-order valence-corrected chi connectivity index (χ1v) is 22.0. The van der Waals surface area contributed by atoms with Crippen molar-refractivity contribution in [3.63, 3.8) is 0 Å². The Balaban J connectivity index is 1.08. The van der Waals surface area contributed by atoms with E-state index in [-0.39, 0.29) is 12.1 Å². The normalized spacial score (nSPS) is 27.5. The zero-order chi connectivity index (χ0) is 39.2. The molecule has 3 heterocycles. The lowest BCUT2D eigenvalue weighted by Crippen LogP contribution is -2.47. The summed E-state index contributed by atoms with van der Waals surface area (Å²) >= 11 is 0. The summed E-state index contributed by atoms with van der Waals surface area (Å²) in [4.78, 5) is 23.0. The molecule has 58 heavy (non-hydrogen) atoms. The molecule has 0 radical (unpaired) electrons. The summed E-state index contributed by atoms with van der Waals surface area (Å²) in [6.07, 6.45) is 41.0. The highest BCUT2D eigenvalue weighted by molar-refractivity contribution is 5.94. The molecule has 292 valence electrons. The number of nitrogens with zero attached hydrogens (tertiary/aromatic N) is 5. The molecule has 1 aromatic heterocycles. The number of aromatic nitrogens is 3. The van der Waals surface area contributed by atoms with Crippen LogP contribution in [0, 0.1) is 24.7 Å². The molecule has 1 saturated carbocycles. The van der Waals surface area contributed by atoms with Gasteiger partial charge in [-0.05, 0) is 146 Å². The van der Waals surface area contributed by atoms with Gasteiger partial charge in [0, 0.05) is 35.4 Å². The van der Waals surface area contributed by atoms with Crippen LogP contribution < -0.4 is 4.90 Å². The molecule has 2 aromatic carbocycles. The molecule has 5 aliphatic carbocycles. The quantitative estimate of drug-likeness (QED) is 0.241. The maximum atomic E-state index is 5.48. The number of aryl methyl sites for hydroxylation is 1. The molecule has 5 nitrogen and oxygen atoms in total. The van der Waals surface area contributed by atoms with Gasteiger partial charge in [-0.1, -0.05) is 117 Å². The molecular weight excluding hydrogens is 707 g/mol. The Bertz CT molecular complexity index is 2430. The fourth-order valence-corrected chi connectivity index (χ4v) is 10.7. The van der Waals surface area contributed by atoms with Crippen LogP contribution in [0.15, 0.2) is 137 Å². The van der Waals surface area contributed by atoms with E-state index in [0.717, 1.165) is 61.6 Å². The van der Waals surface area contributed by atoms with E-state index in [4.69, 9.17) is 19.9 Å². The lowest BCUT2D eigenvalue weighted by Gasteiger charge is -2.42. The van der Waals surface area contributed by atoms with Crippen molar-refractivity contribution >= 4 is 28.6 Å². The first kappa shape index (κ1) is 36.9. The third-order valence-electron chi connectivity index (χ3n) is 13.6. The van der Waals surface area contributed by atoms with Gasteiger partial charge in [0.2, 0.25) is 0 Å². The zero-order valence-corrected chi connectivity index (χ0v) is 34.3. The Morgan fingerprint density at radius 2 is 1.62 bits per heavy atom. The standard InChI is InChI=1S/C53H55N5/c1-34-15-13-22-40(27-34)41-25-26-49-47(30-41)48-31-45(38-18-9-5-10-19-38)46(32-50(48)58(49)53-35(2)28-44(33-54-53)37-16-7-4-8-17-37)42-23-14-24-43(29-42)52-56-36(3)55-51(57-52)39-20-11-6-12-21-39/h4-5,7,9-11,13,15-16,18-23,28-29,31-35,41,47,49,53H,6,8,12,14,17,24-27,30H2,1-3H3. The largest absolute Gasteiger partial charge is 0.345 e. The van der Waals surface area contributed by atoms with Crippen LogP contribution in [-0.2, 0) is 0 Å². The molecular formula is C53H55N5. The molecule has 0 N–H and O–H groups in total. The van der Waals surface area contributed by atoms with Gasteiger partial charge in [0.25, 0.3) is 0 Å². The van der Waals surface area contributed by atoms with E-state index in [0.29, 0.717) is 23.8 Å². The van der Waals surface area contributed by atoms with Crippen LogP contribution in [0.5, 0.6) is 0 Å². The summed E-state index contributed by atoms with van der Waals surface area (Å²) in [6, 6.07) is 16.6. The van der Waals surface area contributed by atoms with Gasteiger partial charge in [-0.3, -0.25) is 4.99 Å². The SMILES string of the molecule is Cc1nc(C2=CCCC=C2)nc(C2=CC(c3cc4c(cc3-c3ccccc3)C3CC(C5=CC=CC(C)C5)CCC3N4C3N=CC(C4=CC=CCC4)=CC3C)=CCC2)n1. The zero-order valence-electron chi connectivity index (χ0n) is 34.3. The summed E-state index contributed by atoms with van der Waals surface area (Å²) in [5.41, 5.74) is 14.6. The number of benzene rings is 2. The highest BCUT2D eigenvalue weighted by Gasteiger charge is 2.47. The fourth-order valence-electron chi connectivity index (χ4n) is 10.7. The number of hydrogen-bond donors (Lipinski definition) is 0. The van der Waals surface area contributed by atoms with Crippen molar-refractivity contribution in [1.29, 1.82) is 0 Å². The number of allylic oxidation sites excluding steroid dienone is 17. The average molecular weight is 762 g/mol. The Morgan fingerprint density at radius 3 is 2.43 bits per heavy atom. The third-order valence-corrected chi connectivity index (χ3v) is 13.6. The first-order chi connectivity index (χ1) is 28.5. The molecule has 5 heteroatoms. The second-order valence-electron chi connectivity index (χ2n) is 17.6. The number of dihydropyridines is 1. The predicted octanol–water partition coefficient (Wildman–Crippen LogP) is 12.7. The molecule has 0 amide bonds. The highest BCUT2D eigenvalue weighted by Crippen LogP contribution is 2.55. The summed E-state index contributed by atoms with van der Waals surface area (Å²) < 4.78 is 0. The number of anilines is 1. The van der Waals surface area contributed by atoms with Crippen molar-refractivity contribution in [2.45, 2.75) is 103 Å². The van der Waals surface area contributed by atoms with Gasteiger partial charge in [-0.25, -0.2) is 15.0 Å². The van der Waals surface area contributed by atoms with Crippen LogP contribution in [0.3, 0.4) is 0 Å². The maximum Gasteiger partial charge on any atom is 0.163 e. The minimum atomic E-state index is 0.0576. The van der Waals surface area contributed by atoms with Crippen LogP contribution in [0.4, 0.5) is 5.69 Å². The van der Waals surface area contributed by atoms with Crippen molar-refractivity contribution in [2.75, 3.05) is 4.90 Å². The van der Waals surface area contributed by atoms with Crippen molar-refractivity contribution < 1.29 is 0 Å². The molecule has 0 spiro atoms. The van der Waals surface area contributed by atoms with Crippen molar-refractivity contribution in [3.8, 4) is 11.1 Å². The van der Waals surface area contributed by atoms with E-state index in [1.165, 1.54) is 75.9 Å². The van der Waals surface area contributed by atoms with Crippen LogP contribution in [0.1, 0.15) is 113 Å². The topological polar surface area (TPSA) is 54.3 Å². The molecule has 6 unspecified atom stereocenters. The van der Waals surface area contributed by atoms with Crippen LogP contribution in [0.25, 0.3) is 27.8 Å². The van der Waals surface area contributed by atoms with Gasteiger partial charge < -0.3 is 4.90 Å². The predicted molar refractivity (Wildman–Crippen MR) is 241 cm³/mol. The Morgan fingerprint density at radius 1 is 0.759 bits per heavy atom. The fraction of sp³-hybridized carbons (Fsp3) is 0.358. The van der Waals surface area contributed by atoms with E-state index in [2.05, 4.69) is 140 Å². The first-order valence-electron chi connectivity index (χ1n) is 22.0. The Kier molecular flexibility index (Phi) is 10.0. The highest BCUT2D eigenvalue weighted by atomic mass is 15.3. The van der Waals surface area contributed by atoms with Crippen LogP contribution in [-0.4, -0.2) is 33.4 Å². The summed E-state index contributed by atoms with van der Waals surface area (Å²) in [7, 11) is 0. The monoisotopic (exact) mass is 761 g/mol. The van der Waals surface area contributed by atoms with E-state index in [9.17, 15) is 0 Å². The van der Waals surface area contributed by atoms with E-state index in [1.807, 2.05) is 6.92 Å². The van der Waals surface area contributed by atoms with Gasteiger partial charge in [-0.15, -0.1) is 0 Å². The molecule has 0 bridgehead atoms. The van der Waals surface area contributed by atoms with Gasteiger partial charge in [0.15, 0.2) is 11.6 Å². The molecule has 1 fully saturated rings. The van der Waals surface area contributed by atoms with Crippen molar-refractivity contribution in [2.24, 2.45) is 22.7 Å². The third kappa shape index (κ3) is 7.07. The molecule has 10 rings (SSSR count). The maximum absolute atomic E-state index is 5.48. The van der Waals surface area contributed by atoms with E-state index in [1.54, 1.807) is 5.57 Å². The summed E-state index contributed by atoms with van der Waals surface area (Å²) in [5, 5.41) is 0.